The fraction of sp³-hybridized carbons (Fsp3) is 0.523. The Kier molecular flexibility index (Phi) is 8.88. The standard InChI is InChI=1S/C44H53NO5S/c1-40-18-14-31(47)25-42(40)21-22-44(36(26-42)39(49)35-13-7-6-12-34(35)30-9-4-3-5-10-30)37(40)15-19-41(2)38(44)16-20-43(41,50)29-45(27-32(48)28-46)23-17-33-11-8-24-51-33/h3-13,21-22,24,26,31-32,37-38,46-48,50H,14-20,23,25,27-29H2,1-2H3. The van der Waals surface area contributed by atoms with Crippen LogP contribution in [0, 0.1) is 33.5 Å². The molecule has 9 rings (SSSR count). The second-order valence-electron chi connectivity index (χ2n) is 17.0. The van der Waals surface area contributed by atoms with Crippen molar-refractivity contribution in [3.63, 3.8) is 0 Å². The SMILES string of the molecule is CC12CCC(O)CC13C=CC1(C(C(=O)c4ccccc4-c4ccccc4)=C3)C2CCC2(C)C1CCC2(O)CN(CCc1cccs1)CC(O)CO. The van der Waals surface area contributed by atoms with Crippen molar-refractivity contribution in [1.82, 2.24) is 4.90 Å². The smallest absolute Gasteiger partial charge is 0.190 e. The number of nitrogens with zero attached hydrogens (tertiary/aromatic N) is 1. The van der Waals surface area contributed by atoms with Gasteiger partial charge in [-0.1, -0.05) is 92.7 Å². The highest BCUT2D eigenvalue weighted by Gasteiger charge is 2.74. The summed E-state index contributed by atoms with van der Waals surface area (Å²) in [4.78, 5) is 18.8. The van der Waals surface area contributed by atoms with Crippen LogP contribution in [0.3, 0.4) is 0 Å². The minimum absolute atomic E-state index is 0.0352. The van der Waals surface area contributed by atoms with E-state index in [1.807, 2.05) is 42.5 Å². The number of hydrogen-bond donors (Lipinski definition) is 4. The molecule has 3 aromatic rings. The van der Waals surface area contributed by atoms with E-state index in [-0.39, 0.29) is 29.6 Å². The molecule has 0 radical (unpaired) electrons. The molecule has 51 heavy (non-hydrogen) atoms. The first-order chi connectivity index (χ1) is 24.5. The Morgan fingerprint density at radius 3 is 2.41 bits per heavy atom. The number of fused-ring (bicyclic) bond motifs is 1. The predicted octanol–water partition coefficient (Wildman–Crippen LogP) is 7.09. The first kappa shape index (κ1) is 35.1. The van der Waals surface area contributed by atoms with Gasteiger partial charge in [-0.15, -0.1) is 11.3 Å². The monoisotopic (exact) mass is 707 g/mol. The van der Waals surface area contributed by atoms with Crippen LogP contribution in [-0.4, -0.2) is 75.2 Å². The fourth-order valence-electron chi connectivity index (χ4n) is 12.0. The molecule has 9 unspecified atom stereocenters. The minimum Gasteiger partial charge on any atom is -0.394 e. The zero-order chi connectivity index (χ0) is 35.6. The van der Waals surface area contributed by atoms with Gasteiger partial charge in [-0.3, -0.25) is 9.69 Å². The lowest BCUT2D eigenvalue weighted by molar-refractivity contribution is -0.177. The Morgan fingerprint density at radius 2 is 1.65 bits per heavy atom. The summed E-state index contributed by atoms with van der Waals surface area (Å²) in [5.74, 6) is 0.309. The number of hydrogen-bond acceptors (Lipinski definition) is 7. The summed E-state index contributed by atoms with van der Waals surface area (Å²) in [6, 6.07) is 22.3. The summed E-state index contributed by atoms with van der Waals surface area (Å²) in [6.07, 6.45) is 12.0. The van der Waals surface area contributed by atoms with Crippen LogP contribution < -0.4 is 0 Å². The average molecular weight is 708 g/mol. The third-order valence-corrected chi connectivity index (χ3v) is 15.6. The normalized spacial score (nSPS) is 37.1. The van der Waals surface area contributed by atoms with Crippen molar-refractivity contribution in [3.05, 3.63) is 106 Å². The molecule has 2 aromatic carbocycles. The summed E-state index contributed by atoms with van der Waals surface area (Å²) in [5.41, 5.74) is 0.920. The van der Waals surface area contributed by atoms with Gasteiger partial charge in [0, 0.05) is 51.9 Å². The van der Waals surface area contributed by atoms with Crippen molar-refractivity contribution >= 4 is 17.1 Å². The van der Waals surface area contributed by atoms with E-state index in [0.717, 1.165) is 55.2 Å². The molecule has 0 amide bonds. The molecule has 4 N–H and O–H groups in total. The Balaban J connectivity index is 1.21. The molecule has 7 heteroatoms. The van der Waals surface area contributed by atoms with Crippen LogP contribution in [0.5, 0.6) is 0 Å². The highest BCUT2D eigenvalue weighted by molar-refractivity contribution is 7.09. The molecule has 1 aromatic heterocycles. The van der Waals surface area contributed by atoms with Gasteiger partial charge >= 0.3 is 0 Å². The summed E-state index contributed by atoms with van der Waals surface area (Å²) < 4.78 is 0. The Hall–Kier alpha value is -2.91. The van der Waals surface area contributed by atoms with Crippen LogP contribution in [-0.2, 0) is 6.42 Å². The Bertz CT molecular complexity index is 1820. The third-order valence-electron chi connectivity index (χ3n) is 14.6. The molecular weight excluding hydrogens is 655 g/mol. The van der Waals surface area contributed by atoms with Crippen LogP contribution in [0.15, 0.2) is 95.9 Å². The quantitative estimate of drug-likeness (QED) is 0.126. The van der Waals surface area contributed by atoms with Crippen molar-refractivity contribution in [1.29, 1.82) is 0 Å². The number of Topliss-reactive ketones (excluding diaryl/α,β-unsaturated/α-hetero) is 1. The molecule has 9 atom stereocenters. The van der Waals surface area contributed by atoms with Gasteiger partial charge in [-0.2, -0.15) is 0 Å². The van der Waals surface area contributed by atoms with Crippen molar-refractivity contribution in [2.24, 2.45) is 33.5 Å². The zero-order valence-electron chi connectivity index (χ0n) is 30.0. The number of carbonyl (C=O) groups excluding carboxylic acids is 1. The Labute approximate surface area is 306 Å². The lowest BCUT2D eigenvalue weighted by Crippen LogP contribution is -2.67. The molecular formula is C44H53NO5S. The van der Waals surface area contributed by atoms with E-state index in [9.17, 15) is 20.4 Å². The lowest BCUT2D eigenvalue weighted by atomic mass is 9.32. The molecule has 270 valence electrons. The summed E-state index contributed by atoms with van der Waals surface area (Å²) in [6.45, 7) is 5.75. The van der Waals surface area contributed by atoms with Gasteiger partial charge < -0.3 is 20.4 Å². The molecule has 0 saturated heterocycles. The van der Waals surface area contributed by atoms with Crippen LogP contribution in [0.25, 0.3) is 11.1 Å². The number of benzene rings is 2. The molecule has 3 saturated carbocycles. The third kappa shape index (κ3) is 5.32. The molecule has 6 nitrogen and oxygen atoms in total. The minimum atomic E-state index is -1.04. The van der Waals surface area contributed by atoms with Crippen molar-refractivity contribution < 1.29 is 25.2 Å². The molecule has 6 aliphatic rings. The van der Waals surface area contributed by atoms with E-state index >= 15 is 4.79 Å². The van der Waals surface area contributed by atoms with Crippen molar-refractivity contribution in [3.8, 4) is 11.1 Å². The first-order valence-corrected chi connectivity index (χ1v) is 19.9. The number of aliphatic hydroxyl groups excluding tert-OH is 3. The van der Waals surface area contributed by atoms with Crippen LogP contribution >= 0.6 is 11.3 Å². The van der Waals surface area contributed by atoms with Crippen molar-refractivity contribution in [2.45, 2.75) is 83.0 Å². The number of ketones is 1. The highest BCUT2D eigenvalue weighted by Crippen LogP contribution is 2.78. The van der Waals surface area contributed by atoms with Crippen LogP contribution in [0.4, 0.5) is 0 Å². The van der Waals surface area contributed by atoms with Crippen LogP contribution in [0.2, 0.25) is 0 Å². The highest BCUT2D eigenvalue weighted by atomic mass is 32.1. The van der Waals surface area contributed by atoms with Gasteiger partial charge in [0.15, 0.2) is 5.78 Å². The van der Waals surface area contributed by atoms with E-state index in [4.69, 9.17) is 0 Å². The number of thiophene rings is 1. The van der Waals surface area contributed by atoms with Gasteiger partial charge in [0.1, 0.15) is 0 Å². The van der Waals surface area contributed by atoms with E-state index in [0.29, 0.717) is 38.0 Å². The number of aliphatic hydroxyl groups is 4. The van der Waals surface area contributed by atoms with Gasteiger partial charge in [-0.25, -0.2) is 0 Å². The van der Waals surface area contributed by atoms with Gasteiger partial charge in [-0.05, 0) is 91.2 Å². The molecule has 1 heterocycles. The Morgan fingerprint density at radius 1 is 0.922 bits per heavy atom. The average Bonchev–Trinajstić information content (AvgIpc) is 3.76. The topological polar surface area (TPSA) is 101 Å². The summed E-state index contributed by atoms with van der Waals surface area (Å²) in [7, 11) is 0. The second kappa shape index (κ2) is 12.9. The fourth-order valence-corrected chi connectivity index (χ4v) is 12.7. The maximum Gasteiger partial charge on any atom is 0.190 e. The number of carbonyl (C=O) groups is 1. The molecule has 3 fully saturated rings. The molecule has 2 spiro atoms. The van der Waals surface area contributed by atoms with E-state index in [2.05, 4.69) is 66.6 Å². The first-order valence-electron chi connectivity index (χ1n) is 19.1. The lowest BCUT2D eigenvalue weighted by Gasteiger charge is -2.71. The van der Waals surface area contributed by atoms with E-state index in [1.165, 1.54) is 4.88 Å². The van der Waals surface area contributed by atoms with E-state index in [1.54, 1.807) is 11.3 Å². The summed E-state index contributed by atoms with van der Waals surface area (Å²) in [5, 5.41) is 46.6. The van der Waals surface area contributed by atoms with Gasteiger partial charge in [0.2, 0.25) is 0 Å². The van der Waals surface area contributed by atoms with Crippen molar-refractivity contribution in [2.75, 3.05) is 26.2 Å². The number of rotatable bonds is 11. The largest absolute Gasteiger partial charge is 0.394 e. The van der Waals surface area contributed by atoms with E-state index < -0.39 is 34.1 Å². The van der Waals surface area contributed by atoms with Gasteiger partial charge in [0.25, 0.3) is 0 Å². The number of allylic oxidation sites excluding steroid dienone is 4. The zero-order valence-corrected chi connectivity index (χ0v) is 30.8. The van der Waals surface area contributed by atoms with Crippen LogP contribution in [0.1, 0.15) is 74.0 Å². The molecule has 0 aliphatic heterocycles. The molecule has 6 aliphatic carbocycles. The maximum absolute atomic E-state index is 15.4. The molecule has 2 bridgehead atoms. The predicted molar refractivity (Wildman–Crippen MR) is 202 cm³/mol. The maximum atomic E-state index is 15.4. The second-order valence-corrected chi connectivity index (χ2v) is 18.0. The van der Waals surface area contributed by atoms with Gasteiger partial charge in [0.05, 0.1) is 24.4 Å². The summed E-state index contributed by atoms with van der Waals surface area (Å²) >= 11 is 1.71.